The summed E-state index contributed by atoms with van der Waals surface area (Å²) < 4.78 is 43.3. The van der Waals surface area contributed by atoms with E-state index >= 15 is 0 Å². The van der Waals surface area contributed by atoms with E-state index in [0.717, 1.165) is 101 Å². The molecule has 0 saturated heterocycles. The Morgan fingerprint density at radius 1 is 0.647 bits per heavy atom. The van der Waals surface area contributed by atoms with Crippen LogP contribution >= 0.6 is 0 Å². The number of ether oxygens (including phenoxy) is 1. The van der Waals surface area contributed by atoms with Gasteiger partial charge in [-0.1, -0.05) is 74.5 Å². The highest BCUT2D eigenvalue weighted by Crippen LogP contribution is 2.48. The molecule has 2 aliphatic rings. The molecule has 4 aromatic heterocycles. The van der Waals surface area contributed by atoms with Crippen LogP contribution in [-0.2, 0) is 65.0 Å². The fourth-order valence-corrected chi connectivity index (χ4v) is 12.3. The first-order chi connectivity index (χ1) is 41.1. The number of pyridine rings is 4. The number of rotatable bonds is 29. The second-order valence-corrected chi connectivity index (χ2v) is 24.5. The van der Waals surface area contributed by atoms with Crippen molar-refractivity contribution in [1.82, 2.24) is 35.1 Å². The minimum absolute atomic E-state index is 0.0382. The number of unbranched alkanes of at least 4 members (excludes halogenated alkanes) is 2. The lowest BCUT2D eigenvalue weighted by Crippen LogP contribution is -2.27. The van der Waals surface area contributed by atoms with Gasteiger partial charge in [0.1, 0.15) is 12.3 Å². The number of para-hydroxylation sites is 1. The quantitative estimate of drug-likeness (QED) is 0.0198. The molecule has 15 heteroatoms. The lowest BCUT2D eigenvalue weighted by Gasteiger charge is -2.26. The Bertz CT molecular complexity index is 3420. The zero-order valence-electron chi connectivity index (χ0n) is 50.2. The number of fused-ring (bicyclic) bond motifs is 2. The van der Waals surface area contributed by atoms with E-state index in [9.17, 15) is 17.8 Å². The van der Waals surface area contributed by atoms with Crippen molar-refractivity contribution in [3.63, 3.8) is 0 Å². The van der Waals surface area contributed by atoms with Gasteiger partial charge in [-0.3, -0.25) is 39.1 Å². The van der Waals surface area contributed by atoms with Crippen LogP contribution in [0, 0.1) is 0 Å². The number of carbonyl (C=O) groups excluding carboxylic acids is 1. The molecule has 0 radical (unpaired) electrons. The van der Waals surface area contributed by atoms with Crippen LogP contribution in [0.15, 0.2) is 199 Å². The summed E-state index contributed by atoms with van der Waals surface area (Å²) in [6, 6.07) is 44.2. The van der Waals surface area contributed by atoms with Crippen LogP contribution in [0.5, 0.6) is 5.75 Å². The van der Waals surface area contributed by atoms with E-state index in [0.29, 0.717) is 65.4 Å². The van der Waals surface area contributed by atoms with Crippen molar-refractivity contribution in [2.24, 2.45) is 0 Å². The van der Waals surface area contributed by atoms with Gasteiger partial charge in [0.25, 0.3) is 10.1 Å². The van der Waals surface area contributed by atoms with Crippen LogP contribution in [0.1, 0.15) is 125 Å². The van der Waals surface area contributed by atoms with Gasteiger partial charge in [0, 0.05) is 118 Å². The third-order valence-corrected chi connectivity index (χ3v) is 16.9. The van der Waals surface area contributed by atoms with E-state index in [4.69, 9.17) is 4.74 Å². The molecule has 2 N–H and O–H groups in total. The molecule has 0 bridgehead atoms. The maximum absolute atomic E-state index is 13.4. The van der Waals surface area contributed by atoms with Gasteiger partial charge in [0.2, 0.25) is 11.6 Å². The molecule has 0 saturated carbocycles. The highest BCUT2D eigenvalue weighted by atomic mass is 32.2. The minimum Gasteiger partial charge on any atom is -0.494 e. The SMILES string of the molecule is CCN1/C(=C/C=C(/C=C/C2=[N+](CC)c3ccccc3C2(C)C)CCCCC(=O)NCCCCOc2cc(CN(Cc3ccccn3)Cc3ccccn3)cc(CN(Cc3ccccn3)Cc3ccccn3)c2)C(C)(C)c2cc(S(=O)(=O)O)ccc21. The molecule has 2 aliphatic heterocycles. The lowest BCUT2D eigenvalue weighted by atomic mass is 9.81. The molecule has 14 nitrogen and oxygen atoms in total. The third-order valence-electron chi connectivity index (χ3n) is 16.1. The summed E-state index contributed by atoms with van der Waals surface area (Å²) in [5, 5.41) is 3.17. The molecule has 6 heterocycles. The van der Waals surface area contributed by atoms with Crippen molar-refractivity contribution in [2.45, 2.75) is 135 Å². The van der Waals surface area contributed by atoms with E-state index < -0.39 is 15.5 Å². The Kier molecular flexibility index (Phi) is 20.8. The van der Waals surface area contributed by atoms with Gasteiger partial charge in [-0.05, 0) is 167 Å². The molecule has 0 spiro atoms. The Morgan fingerprint density at radius 2 is 1.20 bits per heavy atom. The summed E-state index contributed by atoms with van der Waals surface area (Å²) in [5.41, 5.74) is 13.1. The van der Waals surface area contributed by atoms with Crippen molar-refractivity contribution in [3.05, 3.63) is 239 Å². The van der Waals surface area contributed by atoms with Crippen LogP contribution in [0.3, 0.4) is 0 Å². The topological polar surface area (TPSA) is 157 Å². The largest absolute Gasteiger partial charge is 0.494 e. The van der Waals surface area contributed by atoms with Gasteiger partial charge >= 0.3 is 0 Å². The van der Waals surface area contributed by atoms with E-state index in [-0.39, 0.29) is 16.2 Å². The van der Waals surface area contributed by atoms with Crippen molar-refractivity contribution in [3.8, 4) is 5.75 Å². The number of hydrogen-bond donors (Lipinski definition) is 2. The highest BCUT2D eigenvalue weighted by Gasteiger charge is 2.44. The number of carbonyl (C=O) groups is 1. The molecule has 85 heavy (non-hydrogen) atoms. The number of amides is 1. The van der Waals surface area contributed by atoms with Crippen LogP contribution in [0.25, 0.3) is 0 Å². The molecular weight excluding hydrogens is 1080 g/mol. The molecular formula is C70H82N9O5S+. The molecule has 0 fully saturated rings. The van der Waals surface area contributed by atoms with E-state index in [2.05, 4.69) is 177 Å². The van der Waals surface area contributed by atoms with Gasteiger partial charge in [-0.25, -0.2) is 0 Å². The number of anilines is 1. The zero-order valence-corrected chi connectivity index (χ0v) is 51.0. The summed E-state index contributed by atoms with van der Waals surface area (Å²) in [4.78, 5) is 38.9. The minimum atomic E-state index is -4.37. The molecule has 1 amide bonds. The third kappa shape index (κ3) is 16.3. The van der Waals surface area contributed by atoms with Gasteiger partial charge in [-0.15, -0.1) is 0 Å². The Labute approximate surface area is 503 Å². The highest BCUT2D eigenvalue weighted by molar-refractivity contribution is 7.85. The van der Waals surface area contributed by atoms with Gasteiger partial charge in [0.15, 0.2) is 5.71 Å². The number of nitrogens with one attached hydrogen (secondary N) is 1. The standard InChI is InChI=1S/C70H81N9O5S/c1-7-78-64-29-11-10-28-62(64)69(3,4)66(78)35-31-53(32-36-67-70(5,6)63-46-61(85(81,82)83)33-34-65(63)79(67)8-2)23-9-12-30-68(80)75-41-21-22-42-84-60-44-54(47-76(49-56-24-13-17-37-71-56)50-57-25-14-18-38-72-57)43-55(45-60)48-77(51-58-26-15-19-39-73-58)52-59-27-16-20-40-74-59/h10-11,13-20,24-29,31-40,43-46H,7-9,12,21-23,30,41-42,47-52H2,1-6H3,(H-,75,80,81,82,83)/p+1. The molecule has 0 aliphatic carbocycles. The number of likely N-dealkylation sites (N-methyl/N-ethyl adjacent to an activating group) is 1. The van der Waals surface area contributed by atoms with Gasteiger partial charge in [0.05, 0.1) is 39.7 Å². The second kappa shape index (κ2) is 28.8. The molecule has 9 rings (SSSR count). The number of benzene rings is 3. The first-order valence-electron chi connectivity index (χ1n) is 29.9. The predicted octanol–water partition coefficient (Wildman–Crippen LogP) is 13.0. The summed E-state index contributed by atoms with van der Waals surface area (Å²) in [7, 11) is -4.37. The number of aromatic nitrogens is 4. The summed E-state index contributed by atoms with van der Waals surface area (Å²) in [5.74, 6) is 0.839. The maximum atomic E-state index is 13.4. The van der Waals surface area contributed by atoms with Crippen LogP contribution in [0.4, 0.5) is 11.4 Å². The van der Waals surface area contributed by atoms with E-state index in [1.165, 1.54) is 23.0 Å². The van der Waals surface area contributed by atoms with Crippen molar-refractivity contribution in [1.29, 1.82) is 0 Å². The Morgan fingerprint density at radius 3 is 1.73 bits per heavy atom. The molecule has 0 atom stereocenters. The normalized spacial score (nSPS) is 15.1. The molecule has 442 valence electrons. The smallest absolute Gasteiger partial charge is 0.294 e. The summed E-state index contributed by atoms with van der Waals surface area (Å²) in [6.07, 6.45) is 20.4. The average molecular weight is 1160 g/mol. The molecule has 0 unspecified atom stereocenters. The van der Waals surface area contributed by atoms with Crippen molar-refractivity contribution < 1.29 is 27.1 Å². The van der Waals surface area contributed by atoms with Gasteiger partial charge in [-0.2, -0.15) is 13.0 Å². The number of nitrogens with zero attached hydrogens (tertiary/aromatic N) is 8. The van der Waals surface area contributed by atoms with Crippen LogP contribution in [0.2, 0.25) is 0 Å². The van der Waals surface area contributed by atoms with Crippen LogP contribution in [-0.4, -0.2) is 85.1 Å². The number of hydrogen-bond acceptors (Lipinski definition) is 11. The number of allylic oxidation sites excluding steroid dienone is 6. The fourth-order valence-electron chi connectivity index (χ4n) is 11.8. The van der Waals surface area contributed by atoms with Crippen LogP contribution < -0.4 is 15.0 Å². The first kappa shape index (κ1) is 61.6. The van der Waals surface area contributed by atoms with Crippen molar-refractivity contribution in [2.75, 3.05) is 31.1 Å². The van der Waals surface area contributed by atoms with E-state index in [1.807, 2.05) is 73.3 Å². The Balaban J connectivity index is 0.841. The second-order valence-electron chi connectivity index (χ2n) is 23.1. The van der Waals surface area contributed by atoms with E-state index in [1.54, 1.807) is 12.1 Å². The Hall–Kier alpha value is -7.95. The predicted molar refractivity (Wildman–Crippen MR) is 338 cm³/mol. The zero-order chi connectivity index (χ0) is 59.8. The first-order valence-corrected chi connectivity index (χ1v) is 31.3. The fraction of sp³-hybridized carbons (Fsp3) is 0.343. The molecule has 3 aromatic carbocycles. The summed E-state index contributed by atoms with van der Waals surface area (Å²) in [6.45, 7) is 19.5. The molecule has 7 aromatic rings. The summed E-state index contributed by atoms with van der Waals surface area (Å²) >= 11 is 0. The maximum Gasteiger partial charge on any atom is 0.294 e. The lowest BCUT2D eigenvalue weighted by molar-refractivity contribution is -0.433. The average Bonchev–Trinajstić information content (AvgIpc) is 1.86. The monoisotopic (exact) mass is 1160 g/mol. The van der Waals surface area contributed by atoms with Gasteiger partial charge < -0.3 is 15.0 Å². The van der Waals surface area contributed by atoms with Crippen molar-refractivity contribution >= 4 is 33.1 Å².